The van der Waals surface area contributed by atoms with E-state index in [0.29, 0.717) is 17.2 Å². The number of carbonyl (C=O) groups is 2. The van der Waals surface area contributed by atoms with Crippen LogP contribution >= 0.6 is 11.8 Å². The lowest BCUT2D eigenvalue weighted by molar-refractivity contribution is -0.129. The molecule has 1 aliphatic rings. The first-order chi connectivity index (χ1) is 15.6. The summed E-state index contributed by atoms with van der Waals surface area (Å²) in [6.07, 6.45) is 9.45. The number of carbonyl (C=O) groups excluding carboxylic acids is 2. The van der Waals surface area contributed by atoms with Crippen LogP contribution in [0, 0.1) is 11.3 Å². The molecule has 0 spiro atoms. The third kappa shape index (κ3) is 6.46. The number of benzene rings is 1. The van der Waals surface area contributed by atoms with Crippen molar-refractivity contribution in [1.29, 1.82) is 5.26 Å². The number of nitrogens with one attached hydrogen (secondary N) is 1. The minimum Gasteiger partial charge on any atom is -0.343 e. The van der Waals surface area contributed by atoms with E-state index in [0.717, 1.165) is 29.4 Å². The Kier molecular flexibility index (Phi) is 9.36. The van der Waals surface area contributed by atoms with E-state index >= 15 is 0 Å². The van der Waals surface area contributed by atoms with Gasteiger partial charge in [-0.15, -0.1) is 11.8 Å². The number of rotatable bonds is 11. The van der Waals surface area contributed by atoms with Crippen molar-refractivity contribution in [2.75, 3.05) is 18.2 Å². The van der Waals surface area contributed by atoms with Crippen molar-refractivity contribution in [2.24, 2.45) is 0 Å². The summed E-state index contributed by atoms with van der Waals surface area (Å²) >= 11 is 1.55. The molecule has 1 N–H and O–H groups in total. The van der Waals surface area contributed by atoms with Gasteiger partial charge < -0.3 is 10.2 Å². The van der Waals surface area contributed by atoms with Crippen LogP contribution in [-0.2, 0) is 11.2 Å². The molecule has 3 rings (SSSR count). The number of fused-ring (bicyclic) bond motifs is 1. The quantitative estimate of drug-likeness (QED) is 0.500. The predicted octanol–water partition coefficient (Wildman–Crippen LogP) is 4.68. The molecule has 170 valence electrons. The summed E-state index contributed by atoms with van der Waals surface area (Å²) in [6, 6.07) is 11.2. The van der Waals surface area contributed by atoms with E-state index in [2.05, 4.69) is 18.3 Å². The van der Waals surface area contributed by atoms with Crippen molar-refractivity contribution in [3.05, 3.63) is 41.6 Å². The van der Waals surface area contributed by atoms with Crippen molar-refractivity contribution in [3.8, 4) is 6.07 Å². The van der Waals surface area contributed by atoms with E-state index in [1.54, 1.807) is 11.8 Å². The van der Waals surface area contributed by atoms with E-state index in [1.165, 1.54) is 43.4 Å². The van der Waals surface area contributed by atoms with Crippen LogP contribution in [0.15, 0.2) is 30.3 Å². The molecule has 0 unspecified atom stereocenters. The number of nitriles is 1. The average molecular weight is 453 g/mol. The molecule has 0 radical (unpaired) electrons. The Hall–Kier alpha value is -2.59. The van der Waals surface area contributed by atoms with Crippen LogP contribution in [0.25, 0.3) is 10.9 Å². The molecule has 1 aromatic carbocycles. The molecule has 32 heavy (non-hydrogen) atoms. The lowest BCUT2D eigenvalue weighted by atomic mass is 10.0. The van der Waals surface area contributed by atoms with Gasteiger partial charge in [0.05, 0.1) is 29.6 Å². The minimum absolute atomic E-state index is 0.110. The number of aromatic nitrogens is 1. The standard InChI is InChI=1S/C25H32N4O2S/c1-2-3-4-5-6-7-8-11-19-14-22(21-12-9-10-13-23(21)28-19)25(31)27-16-24(30)29-18-32-17-20(29)15-26/h9-10,12-14,20H,2-8,11,16-18H2,1H3,(H,27,31)/t20-/m1/s1. The molecule has 1 aliphatic heterocycles. The Balaban J connectivity index is 1.62. The summed E-state index contributed by atoms with van der Waals surface area (Å²) < 4.78 is 0. The fraction of sp³-hybridized carbons (Fsp3) is 0.520. The molecule has 0 bridgehead atoms. The van der Waals surface area contributed by atoms with Crippen molar-refractivity contribution in [3.63, 3.8) is 0 Å². The predicted molar refractivity (Wildman–Crippen MR) is 129 cm³/mol. The lowest BCUT2D eigenvalue weighted by Crippen LogP contribution is -2.42. The molecular weight excluding hydrogens is 420 g/mol. The number of hydrogen-bond donors (Lipinski definition) is 1. The zero-order chi connectivity index (χ0) is 22.8. The average Bonchev–Trinajstić information content (AvgIpc) is 3.30. The highest BCUT2D eigenvalue weighted by Crippen LogP contribution is 2.21. The summed E-state index contributed by atoms with van der Waals surface area (Å²) in [5, 5.41) is 12.7. The highest BCUT2D eigenvalue weighted by Gasteiger charge is 2.29. The van der Waals surface area contributed by atoms with Gasteiger partial charge in [0.2, 0.25) is 5.91 Å². The van der Waals surface area contributed by atoms with E-state index in [4.69, 9.17) is 4.98 Å². The number of amides is 2. The summed E-state index contributed by atoms with van der Waals surface area (Å²) in [7, 11) is 0. The fourth-order valence-electron chi connectivity index (χ4n) is 3.96. The Morgan fingerprint density at radius 3 is 2.72 bits per heavy atom. The summed E-state index contributed by atoms with van der Waals surface area (Å²) in [5.41, 5.74) is 2.26. The Morgan fingerprint density at radius 1 is 1.19 bits per heavy atom. The van der Waals surface area contributed by atoms with E-state index < -0.39 is 6.04 Å². The van der Waals surface area contributed by atoms with E-state index in [1.807, 2.05) is 30.3 Å². The first kappa shape index (κ1) is 24.1. The zero-order valence-electron chi connectivity index (χ0n) is 18.8. The fourth-order valence-corrected chi connectivity index (χ4v) is 5.06. The monoisotopic (exact) mass is 452 g/mol. The smallest absolute Gasteiger partial charge is 0.252 e. The molecule has 0 aliphatic carbocycles. The molecule has 1 aromatic heterocycles. The first-order valence-electron chi connectivity index (χ1n) is 11.6. The Labute approximate surface area is 194 Å². The Bertz CT molecular complexity index is 972. The van der Waals surface area contributed by atoms with Gasteiger partial charge in [-0.3, -0.25) is 14.6 Å². The van der Waals surface area contributed by atoms with Gasteiger partial charge in [-0.25, -0.2) is 0 Å². The van der Waals surface area contributed by atoms with Crippen molar-refractivity contribution >= 4 is 34.5 Å². The minimum atomic E-state index is -0.417. The van der Waals surface area contributed by atoms with Gasteiger partial charge in [-0.1, -0.05) is 63.6 Å². The Morgan fingerprint density at radius 2 is 1.94 bits per heavy atom. The number of para-hydroxylation sites is 1. The van der Waals surface area contributed by atoms with Crippen LogP contribution in [0.2, 0.25) is 0 Å². The number of thioether (sulfide) groups is 1. The summed E-state index contributed by atoms with van der Waals surface area (Å²) in [5.74, 6) is 0.607. The largest absolute Gasteiger partial charge is 0.343 e. The number of nitrogens with zero attached hydrogens (tertiary/aromatic N) is 3. The van der Waals surface area contributed by atoms with Crippen molar-refractivity contribution < 1.29 is 9.59 Å². The van der Waals surface area contributed by atoms with Gasteiger partial charge in [0.25, 0.3) is 5.91 Å². The molecule has 1 fully saturated rings. The molecule has 6 nitrogen and oxygen atoms in total. The highest BCUT2D eigenvalue weighted by atomic mass is 32.2. The molecule has 2 amide bonds. The molecule has 2 aromatic rings. The maximum atomic E-state index is 13.0. The maximum Gasteiger partial charge on any atom is 0.252 e. The van der Waals surface area contributed by atoms with Gasteiger partial charge in [-0.2, -0.15) is 5.26 Å². The van der Waals surface area contributed by atoms with Gasteiger partial charge in [0.15, 0.2) is 0 Å². The maximum absolute atomic E-state index is 13.0. The SMILES string of the molecule is CCCCCCCCCc1cc(C(=O)NCC(=O)N2CSC[C@H]2C#N)c2ccccc2n1. The van der Waals surface area contributed by atoms with Crippen LogP contribution in [0.5, 0.6) is 0 Å². The van der Waals surface area contributed by atoms with Gasteiger partial charge >= 0.3 is 0 Å². The topological polar surface area (TPSA) is 86.1 Å². The van der Waals surface area contributed by atoms with Crippen molar-refractivity contribution in [2.45, 2.75) is 64.3 Å². The van der Waals surface area contributed by atoms with Crippen LogP contribution in [0.4, 0.5) is 0 Å². The van der Waals surface area contributed by atoms with E-state index in [9.17, 15) is 14.9 Å². The zero-order valence-corrected chi connectivity index (χ0v) is 19.6. The highest BCUT2D eigenvalue weighted by molar-refractivity contribution is 7.99. The molecule has 0 saturated carbocycles. The molecular formula is C25H32N4O2S. The van der Waals surface area contributed by atoms with Crippen LogP contribution < -0.4 is 5.32 Å². The normalized spacial score (nSPS) is 15.6. The van der Waals surface area contributed by atoms with Gasteiger partial charge in [0.1, 0.15) is 6.04 Å². The summed E-state index contributed by atoms with van der Waals surface area (Å²) in [4.78, 5) is 31.7. The number of unbranched alkanes of at least 4 members (excludes halogenated alkanes) is 6. The molecule has 7 heteroatoms. The van der Waals surface area contributed by atoms with Gasteiger partial charge in [-0.05, 0) is 25.0 Å². The molecule has 2 heterocycles. The van der Waals surface area contributed by atoms with Crippen LogP contribution in [0.1, 0.15) is 67.9 Å². The second kappa shape index (κ2) is 12.4. The number of pyridine rings is 1. The van der Waals surface area contributed by atoms with Crippen LogP contribution in [0.3, 0.4) is 0 Å². The second-order valence-electron chi connectivity index (χ2n) is 8.24. The number of hydrogen-bond acceptors (Lipinski definition) is 5. The van der Waals surface area contributed by atoms with Crippen molar-refractivity contribution in [1.82, 2.24) is 15.2 Å². The lowest BCUT2D eigenvalue weighted by Gasteiger charge is -2.18. The molecule has 1 atom stereocenters. The van der Waals surface area contributed by atoms with Crippen LogP contribution in [-0.4, -0.2) is 45.9 Å². The molecule has 1 saturated heterocycles. The van der Waals surface area contributed by atoms with Gasteiger partial charge in [0, 0.05) is 16.8 Å². The number of aryl methyl sites for hydroxylation is 1. The third-order valence-electron chi connectivity index (χ3n) is 5.80. The summed E-state index contributed by atoms with van der Waals surface area (Å²) in [6.45, 7) is 2.12. The van der Waals surface area contributed by atoms with E-state index in [-0.39, 0.29) is 18.4 Å². The second-order valence-corrected chi connectivity index (χ2v) is 9.24. The first-order valence-corrected chi connectivity index (χ1v) is 12.7. The third-order valence-corrected chi connectivity index (χ3v) is 6.81.